The minimum Gasteiger partial charge on any atom is -0.350 e. The number of nitro benzene ring substituents is 1. The average Bonchev–Trinajstić information content (AvgIpc) is 2.74. The van der Waals surface area contributed by atoms with Crippen LogP contribution in [0.15, 0.2) is 42.5 Å². The highest BCUT2D eigenvalue weighted by Gasteiger charge is 2.23. The molecule has 3 amide bonds. The van der Waals surface area contributed by atoms with E-state index in [0.29, 0.717) is 11.6 Å². The number of hydrogen-bond acceptors (Lipinski definition) is 5. The van der Waals surface area contributed by atoms with Crippen molar-refractivity contribution in [1.82, 2.24) is 16.0 Å². The highest BCUT2D eigenvalue weighted by molar-refractivity contribution is 5.92. The van der Waals surface area contributed by atoms with Crippen molar-refractivity contribution in [3.63, 3.8) is 0 Å². The van der Waals surface area contributed by atoms with Crippen LogP contribution in [0, 0.1) is 21.7 Å². The molecule has 2 rings (SSSR count). The van der Waals surface area contributed by atoms with E-state index in [0.717, 1.165) is 12.1 Å². The van der Waals surface area contributed by atoms with Crippen molar-refractivity contribution in [3.05, 3.63) is 75.3 Å². The molecule has 2 aromatic rings. The van der Waals surface area contributed by atoms with Gasteiger partial charge in [-0.1, -0.05) is 19.1 Å². The number of benzene rings is 2. The van der Waals surface area contributed by atoms with Gasteiger partial charge in [-0.3, -0.25) is 24.5 Å². The maximum atomic E-state index is 13.2. The lowest BCUT2D eigenvalue weighted by molar-refractivity contribution is -0.384. The van der Waals surface area contributed by atoms with Gasteiger partial charge in [0, 0.05) is 24.7 Å². The van der Waals surface area contributed by atoms with Gasteiger partial charge in [0.2, 0.25) is 17.7 Å². The first-order valence-electron chi connectivity index (χ1n) is 10.1. The fourth-order valence-corrected chi connectivity index (χ4v) is 2.95. The second-order valence-corrected chi connectivity index (χ2v) is 7.35. The molecule has 0 aliphatic rings. The van der Waals surface area contributed by atoms with Crippen LogP contribution in [0.3, 0.4) is 0 Å². The van der Waals surface area contributed by atoms with Crippen LogP contribution in [0.1, 0.15) is 31.4 Å². The van der Waals surface area contributed by atoms with Crippen LogP contribution < -0.4 is 16.0 Å². The first-order chi connectivity index (χ1) is 15.6. The third-order valence-electron chi connectivity index (χ3n) is 4.71. The fourth-order valence-electron chi connectivity index (χ4n) is 2.95. The van der Waals surface area contributed by atoms with Gasteiger partial charge in [0.1, 0.15) is 23.7 Å². The molecular formula is C22H24F2N4O5. The van der Waals surface area contributed by atoms with Crippen molar-refractivity contribution in [2.45, 2.75) is 45.3 Å². The zero-order valence-electron chi connectivity index (χ0n) is 18.1. The molecule has 0 saturated carbocycles. The van der Waals surface area contributed by atoms with E-state index in [4.69, 9.17) is 0 Å². The zero-order valence-corrected chi connectivity index (χ0v) is 18.1. The molecule has 0 aliphatic carbocycles. The fraction of sp³-hybridized carbons (Fsp3) is 0.318. The Morgan fingerprint density at radius 2 is 1.58 bits per heavy atom. The Labute approximate surface area is 188 Å². The number of carbonyl (C=O) groups excluding carboxylic acids is 3. The van der Waals surface area contributed by atoms with E-state index >= 15 is 0 Å². The van der Waals surface area contributed by atoms with Gasteiger partial charge in [0.05, 0.1) is 11.3 Å². The molecule has 0 bridgehead atoms. The third kappa shape index (κ3) is 7.95. The molecule has 33 heavy (non-hydrogen) atoms. The van der Waals surface area contributed by atoms with E-state index in [2.05, 4.69) is 16.0 Å². The highest BCUT2D eigenvalue weighted by Crippen LogP contribution is 2.12. The molecular weight excluding hydrogens is 438 g/mol. The van der Waals surface area contributed by atoms with Crippen LogP contribution >= 0.6 is 0 Å². The van der Waals surface area contributed by atoms with Crippen molar-refractivity contribution in [2.75, 3.05) is 0 Å². The Balaban J connectivity index is 1.85. The number of non-ortho nitro benzene ring substituents is 1. The lowest BCUT2D eigenvalue weighted by Gasteiger charge is -2.20. The molecule has 3 N–H and O–H groups in total. The smallest absolute Gasteiger partial charge is 0.269 e. The summed E-state index contributed by atoms with van der Waals surface area (Å²) in [6.07, 6.45) is -0.0414. The van der Waals surface area contributed by atoms with E-state index in [1.165, 1.54) is 31.2 Å². The second-order valence-electron chi connectivity index (χ2n) is 7.35. The molecule has 0 spiro atoms. The molecule has 0 unspecified atom stereocenters. The largest absolute Gasteiger partial charge is 0.350 e. The Hall–Kier alpha value is -3.89. The molecule has 2 aromatic carbocycles. The Morgan fingerprint density at radius 3 is 2.12 bits per heavy atom. The summed E-state index contributed by atoms with van der Waals surface area (Å²) in [6, 6.07) is 6.55. The number of nitro groups is 1. The lowest BCUT2D eigenvalue weighted by atomic mass is 10.1. The maximum Gasteiger partial charge on any atom is 0.269 e. The summed E-state index contributed by atoms with van der Waals surface area (Å²) in [7, 11) is 0. The number of carbonyl (C=O) groups is 3. The van der Waals surface area contributed by atoms with Gasteiger partial charge in [0.25, 0.3) is 5.69 Å². The third-order valence-corrected chi connectivity index (χ3v) is 4.71. The Morgan fingerprint density at radius 1 is 0.970 bits per heavy atom. The first-order valence-corrected chi connectivity index (χ1v) is 10.1. The predicted molar refractivity (Wildman–Crippen MR) is 115 cm³/mol. The molecule has 9 nitrogen and oxygen atoms in total. The van der Waals surface area contributed by atoms with Crippen LogP contribution in [0.5, 0.6) is 0 Å². The van der Waals surface area contributed by atoms with Crippen molar-refractivity contribution in [3.8, 4) is 0 Å². The van der Waals surface area contributed by atoms with Crippen molar-refractivity contribution < 1.29 is 28.1 Å². The molecule has 0 fully saturated rings. The highest BCUT2D eigenvalue weighted by atomic mass is 19.1. The number of halogens is 2. The number of nitrogens with zero attached hydrogens (tertiary/aromatic N) is 1. The van der Waals surface area contributed by atoms with Crippen LogP contribution in [0.4, 0.5) is 14.5 Å². The quantitative estimate of drug-likeness (QED) is 0.368. The predicted octanol–water partition coefficient (Wildman–Crippen LogP) is 2.13. The van der Waals surface area contributed by atoms with Crippen LogP contribution in [-0.2, 0) is 27.3 Å². The van der Waals surface area contributed by atoms with E-state index in [-0.39, 0.29) is 30.6 Å². The standard InChI is InChI=1S/C22H24F2N4O5/c1-3-19(22(31)25-12-14-4-6-18(7-5-14)28(32)33)27-21(30)13(2)26-20(29)10-15-8-16(23)11-17(24)9-15/h4-9,11,13,19H,3,10,12H2,1-2H3,(H,25,31)(H,26,29)(H,27,30)/t13-,19-/m0/s1. The van der Waals surface area contributed by atoms with Gasteiger partial charge in [0.15, 0.2) is 0 Å². The number of hydrogen-bond donors (Lipinski definition) is 3. The van der Waals surface area contributed by atoms with Gasteiger partial charge >= 0.3 is 0 Å². The number of amides is 3. The van der Waals surface area contributed by atoms with Gasteiger partial charge in [-0.2, -0.15) is 0 Å². The molecule has 0 aromatic heterocycles. The lowest BCUT2D eigenvalue weighted by Crippen LogP contribution is -2.52. The summed E-state index contributed by atoms with van der Waals surface area (Å²) in [5, 5.41) is 18.3. The number of rotatable bonds is 10. The molecule has 0 radical (unpaired) electrons. The summed E-state index contributed by atoms with van der Waals surface area (Å²) in [5.74, 6) is -3.30. The van der Waals surface area contributed by atoms with E-state index in [1.807, 2.05) is 0 Å². The topological polar surface area (TPSA) is 130 Å². The van der Waals surface area contributed by atoms with Crippen LogP contribution in [0.2, 0.25) is 0 Å². The molecule has 176 valence electrons. The van der Waals surface area contributed by atoms with Gasteiger partial charge in [-0.15, -0.1) is 0 Å². The SMILES string of the molecule is CC[C@H](NC(=O)[C@H](C)NC(=O)Cc1cc(F)cc(F)c1)C(=O)NCc1ccc([N+](=O)[O-])cc1. The molecule has 11 heteroatoms. The maximum absolute atomic E-state index is 13.2. The van der Waals surface area contributed by atoms with Crippen LogP contribution in [0.25, 0.3) is 0 Å². The van der Waals surface area contributed by atoms with Crippen molar-refractivity contribution in [2.24, 2.45) is 0 Å². The minimum atomic E-state index is -0.993. The van der Waals surface area contributed by atoms with E-state index < -0.39 is 46.4 Å². The minimum absolute atomic E-state index is 0.0673. The zero-order chi connectivity index (χ0) is 24.5. The summed E-state index contributed by atoms with van der Waals surface area (Å²) in [4.78, 5) is 47.1. The van der Waals surface area contributed by atoms with Gasteiger partial charge in [-0.05, 0) is 36.6 Å². The number of nitrogens with one attached hydrogen (secondary N) is 3. The van der Waals surface area contributed by atoms with Gasteiger partial charge in [-0.25, -0.2) is 8.78 Å². The van der Waals surface area contributed by atoms with Crippen LogP contribution in [-0.4, -0.2) is 34.7 Å². The summed E-state index contributed by atoms with van der Waals surface area (Å²) < 4.78 is 26.5. The summed E-state index contributed by atoms with van der Waals surface area (Å²) in [6.45, 7) is 3.22. The van der Waals surface area contributed by atoms with E-state index in [9.17, 15) is 33.3 Å². The van der Waals surface area contributed by atoms with E-state index in [1.54, 1.807) is 6.92 Å². The Bertz CT molecular complexity index is 1010. The molecule has 0 heterocycles. The monoisotopic (exact) mass is 462 g/mol. The Kier molecular flexibility index (Phi) is 8.96. The molecule has 0 saturated heterocycles. The normalized spacial score (nSPS) is 12.4. The van der Waals surface area contributed by atoms with Crippen molar-refractivity contribution in [1.29, 1.82) is 0 Å². The average molecular weight is 462 g/mol. The summed E-state index contributed by atoms with van der Waals surface area (Å²) >= 11 is 0. The first kappa shape index (κ1) is 25.4. The van der Waals surface area contributed by atoms with Crippen molar-refractivity contribution >= 4 is 23.4 Å². The molecule has 2 atom stereocenters. The van der Waals surface area contributed by atoms with Gasteiger partial charge < -0.3 is 16.0 Å². The second kappa shape index (κ2) is 11.7. The summed E-state index contributed by atoms with van der Waals surface area (Å²) in [5.41, 5.74) is 0.696. The molecule has 0 aliphatic heterocycles.